The zero-order valence-electron chi connectivity index (χ0n) is 8.29. The lowest BCUT2D eigenvalue weighted by Crippen LogP contribution is -2.32. The van der Waals surface area contributed by atoms with Crippen molar-refractivity contribution in [1.29, 1.82) is 0 Å². The molecular weight excluding hydrogens is 164 g/mol. The van der Waals surface area contributed by atoms with E-state index < -0.39 is 0 Å². The van der Waals surface area contributed by atoms with E-state index >= 15 is 0 Å². The summed E-state index contributed by atoms with van der Waals surface area (Å²) in [5.74, 6) is 0.506. The fourth-order valence-corrected chi connectivity index (χ4v) is 1.02. The van der Waals surface area contributed by atoms with E-state index in [1.807, 2.05) is 13.0 Å². The number of rotatable bonds is 5. The molecule has 0 amide bonds. The molecule has 0 aromatic carbocycles. The Bertz CT molecular complexity index is 219. The Balaban J connectivity index is 2.14. The van der Waals surface area contributed by atoms with Crippen LogP contribution in [0.25, 0.3) is 0 Å². The highest BCUT2D eigenvalue weighted by Crippen LogP contribution is 2.01. The maximum Gasteiger partial charge on any atom is 0.0947 e. The third-order valence-corrected chi connectivity index (χ3v) is 2.27. The van der Waals surface area contributed by atoms with Gasteiger partial charge in [0.25, 0.3) is 0 Å². The van der Waals surface area contributed by atoms with Crippen LogP contribution in [0, 0.1) is 5.92 Å². The number of hydrogen-bond donors (Lipinski definition) is 2. The van der Waals surface area contributed by atoms with Crippen LogP contribution in [0.4, 0.5) is 0 Å². The summed E-state index contributed by atoms with van der Waals surface area (Å²) in [5, 5.41) is 3.33. The summed E-state index contributed by atoms with van der Waals surface area (Å²) in [6.07, 6.45) is 3.44. The maximum absolute atomic E-state index is 5.74. The van der Waals surface area contributed by atoms with E-state index in [-0.39, 0.29) is 6.04 Å². The molecule has 1 heterocycles. The van der Waals surface area contributed by atoms with Gasteiger partial charge in [-0.1, -0.05) is 6.92 Å². The highest BCUT2D eigenvalue weighted by Gasteiger charge is 2.06. The van der Waals surface area contributed by atoms with Gasteiger partial charge in [-0.3, -0.25) is 0 Å². The van der Waals surface area contributed by atoms with Gasteiger partial charge in [0.2, 0.25) is 0 Å². The summed E-state index contributed by atoms with van der Waals surface area (Å²) in [6.45, 7) is 5.98. The monoisotopic (exact) mass is 182 g/mol. The molecule has 0 fully saturated rings. The summed E-state index contributed by atoms with van der Waals surface area (Å²) in [7, 11) is 0. The van der Waals surface area contributed by atoms with Crippen molar-refractivity contribution in [2.75, 3.05) is 6.54 Å². The molecule has 2 unspecified atom stereocenters. The van der Waals surface area contributed by atoms with Crippen LogP contribution in [0.3, 0.4) is 0 Å². The molecule has 0 aliphatic heterocycles. The molecular formula is C10H18N2O. The van der Waals surface area contributed by atoms with Crippen molar-refractivity contribution in [3.8, 4) is 0 Å². The minimum atomic E-state index is 0.247. The molecule has 0 radical (unpaired) electrons. The number of furan rings is 1. The van der Waals surface area contributed by atoms with Gasteiger partial charge in [-0.25, -0.2) is 0 Å². The van der Waals surface area contributed by atoms with E-state index in [0.29, 0.717) is 5.92 Å². The van der Waals surface area contributed by atoms with Gasteiger partial charge < -0.3 is 15.5 Å². The standard InChI is InChI=1S/C10H18N2O/c1-8(9(2)11)5-12-6-10-3-4-13-7-10/h3-4,7-9,12H,5-6,11H2,1-2H3. The van der Waals surface area contributed by atoms with Crippen molar-refractivity contribution in [3.05, 3.63) is 24.2 Å². The van der Waals surface area contributed by atoms with Gasteiger partial charge in [-0.2, -0.15) is 0 Å². The molecule has 3 nitrogen and oxygen atoms in total. The predicted molar refractivity (Wildman–Crippen MR) is 53.2 cm³/mol. The fourth-order valence-electron chi connectivity index (χ4n) is 1.02. The van der Waals surface area contributed by atoms with Crippen molar-refractivity contribution >= 4 is 0 Å². The second-order valence-electron chi connectivity index (χ2n) is 3.60. The summed E-state index contributed by atoms with van der Waals surface area (Å²) < 4.78 is 4.95. The van der Waals surface area contributed by atoms with Crippen molar-refractivity contribution < 1.29 is 4.42 Å². The molecule has 0 aliphatic rings. The van der Waals surface area contributed by atoms with Gasteiger partial charge in [0, 0.05) is 18.2 Å². The number of nitrogens with one attached hydrogen (secondary N) is 1. The smallest absolute Gasteiger partial charge is 0.0947 e. The van der Waals surface area contributed by atoms with E-state index in [0.717, 1.165) is 13.1 Å². The summed E-state index contributed by atoms with van der Waals surface area (Å²) in [4.78, 5) is 0. The zero-order chi connectivity index (χ0) is 9.68. The Hall–Kier alpha value is -0.800. The molecule has 3 N–H and O–H groups in total. The Labute approximate surface area is 79.3 Å². The largest absolute Gasteiger partial charge is 0.472 e. The van der Waals surface area contributed by atoms with Crippen molar-refractivity contribution in [1.82, 2.24) is 5.32 Å². The SMILES string of the molecule is CC(N)C(C)CNCc1ccoc1. The third kappa shape index (κ3) is 3.61. The summed E-state index contributed by atoms with van der Waals surface area (Å²) >= 11 is 0. The van der Waals surface area contributed by atoms with E-state index in [1.165, 1.54) is 5.56 Å². The van der Waals surface area contributed by atoms with Gasteiger partial charge in [0.05, 0.1) is 12.5 Å². The lowest BCUT2D eigenvalue weighted by atomic mass is 10.1. The van der Waals surface area contributed by atoms with Crippen molar-refractivity contribution in [3.63, 3.8) is 0 Å². The Morgan fingerprint density at radius 2 is 2.31 bits per heavy atom. The molecule has 13 heavy (non-hydrogen) atoms. The average Bonchev–Trinajstić information content (AvgIpc) is 2.56. The maximum atomic E-state index is 5.74. The molecule has 74 valence electrons. The molecule has 3 heteroatoms. The number of nitrogens with two attached hydrogens (primary N) is 1. The van der Waals surface area contributed by atoms with Gasteiger partial charge >= 0.3 is 0 Å². The lowest BCUT2D eigenvalue weighted by Gasteiger charge is -2.15. The van der Waals surface area contributed by atoms with Crippen LogP contribution in [0.2, 0.25) is 0 Å². The lowest BCUT2D eigenvalue weighted by molar-refractivity contribution is 0.444. The molecule has 0 saturated heterocycles. The van der Waals surface area contributed by atoms with E-state index in [9.17, 15) is 0 Å². The summed E-state index contributed by atoms with van der Waals surface area (Å²) in [5.41, 5.74) is 6.91. The van der Waals surface area contributed by atoms with Gasteiger partial charge in [0.1, 0.15) is 0 Å². The predicted octanol–water partition coefficient (Wildman–Crippen LogP) is 1.35. The van der Waals surface area contributed by atoms with Crippen LogP contribution in [-0.4, -0.2) is 12.6 Å². The quantitative estimate of drug-likeness (QED) is 0.722. The third-order valence-electron chi connectivity index (χ3n) is 2.27. The minimum Gasteiger partial charge on any atom is -0.472 e. The van der Waals surface area contributed by atoms with E-state index in [1.54, 1.807) is 12.5 Å². The second kappa shape index (κ2) is 5.04. The van der Waals surface area contributed by atoms with Gasteiger partial charge in [-0.05, 0) is 25.5 Å². The Morgan fingerprint density at radius 1 is 1.54 bits per heavy atom. The average molecular weight is 182 g/mol. The summed E-state index contributed by atoms with van der Waals surface area (Å²) in [6, 6.07) is 2.21. The first kappa shape index (κ1) is 10.3. The molecule has 0 aliphatic carbocycles. The fraction of sp³-hybridized carbons (Fsp3) is 0.600. The first-order valence-corrected chi connectivity index (χ1v) is 4.67. The van der Waals surface area contributed by atoms with Crippen LogP contribution in [-0.2, 0) is 6.54 Å². The van der Waals surface area contributed by atoms with Crippen LogP contribution >= 0.6 is 0 Å². The molecule has 0 bridgehead atoms. The van der Waals surface area contributed by atoms with E-state index in [4.69, 9.17) is 10.2 Å². The van der Waals surface area contributed by atoms with Crippen molar-refractivity contribution in [2.45, 2.75) is 26.4 Å². The van der Waals surface area contributed by atoms with Crippen LogP contribution in [0.5, 0.6) is 0 Å². The first-order chi connectivity index (χ1) is 6.20. The second-order valence-corrected chi connectivity index (χ2v) is 3.60. The zero-order valence-corrected chi connectivity index (χ0v) is 8.29. The van der Waals surface area contributed by atoms with Crippen LogP contribution in [0.15, 0.2) is 23.0 Å². The van der Waals surface area contributed by atoms with E-state index in [2.05, 4.69) is 12.2 Å². The molecule has 0 saturated carbocycles. The Morgan fingerprint density at radius 3 is 2.85 bits per heavy atom. The normalized spacial score (nSPS) is 15.6. The molecule has 1 aromatic heterocycles. The molecule has 1 rings (SSSR count). The van der Waals surface area contributed by atoms with Gasteiger partial charge in [0.15, 0.2) is 0 Å². The van der Waals surface area contributed by atoms with Crippen LogP contribution in [0.1, 0.15) is 19.4 Å². The highest BCUT2D eigenvalue weighted by atomic mass is 16.3. The topological polar surface area (TPSA) is 51.2 Å². The molecule has 2 atom stereocenters. The van der Waals surface area contributed by atoms with Crippen molar-refractivity contribution in [2.24, 2.45) is 11.7 Å². The first-order valence-electron chi connectivity index (χ1n) is 4.67. The number of hydrogen-bond acceptors (Lipinski definition) is 3. The van der Waals surface area contributed by atoms with Gasteiger partial charge in [-0.15, -0.1) is 0 Å². The molecule has 1 aromatic rings. The Kier molecular flexibility index (Phi) is 3.99. The highest BCUT2D eigenvalue weighted by molar-refractivity contribution is 5.04. The molecule has 0 spiro atoms. The minimum absolute atomic E-state index is 0.247. The van der Waals surface area contributed by atoms with Crippen LogP contribution < -0.4 is 11.1 Å².